The molecule has 1 amide bonds. The van der Waals surface area contributed by atoms with Crippen LogP contribution in [0.25, 0.3) is 0 Å². The van der Waals surface area contributed by atoms with Crippen LogP contribution in [0.5, 0.6) is 0 Å². The third-order valence-electron chi connectivity index (χ3n) is 2.47. The van der Waals surface area contributed by atoms with Crippen LogP contribution in [0.2, 0.25) is 0 Å². The summed E-state index contributed by atoms with van der Waals surface area (Å²) in [5.41, 5.74) is 7.15. The van der Waals surface area contributed by atoms with Crippen LogP contribution in [0.4, 0.5) is 5.69 Å². The second-order valence-corrected chi connectivity index (χ2v) is 3.79. The van der Waals surface area contributed by atoms with Crippen LogP contribution in [0, 0.1) is 6.92 Å². The Hall–Kier alpha value is -2.04. The van der Waals surface area contributed by atoms with Gasteiger partial charge in [0.15, 0.2) is 0 Å². The summed E-state index contributed by atoms with van der Waals surface area (Å²) < 4.78 is 0. The number of hydrogen-bond acceptors (Lipinski definition) is 3. The summed E-state index contributed by atoms with van der Waals surface area (Å²) in [4.78, 5) is 23.6. The van der Waals surface area contributed by atoms with E-state index in [1.54, 1.807) is 23.1 Å². The molecule has 92 valence electrons. The smallest absolute Gasteiger partial charge is 0.323 e. The van der Waals surface area contributed by atoms with Crippen molar-refractivity contribution in [1.29, 1.82) is 0 Å². The number of likely N-dealkylation sites (N-methyl/N-ethyl adjacent to an activating group) is 1. The summed E-state index contributed by atoms with van der Waals surface area (Å²) in [6, 6.07) is 5.17. The molecule has 3 N–H and O–H groups in total. The molecule has 17 heavy (non-hydrogen) atoms. The van der Waals surface area contributed by atoms with E-state index in [4.69, 9.17) is 10.8 Å². The Morgan fingerprint density at radius 3 is 2.53 bits per heavy atom. The lowest BCUT2D eigenvalue weighted by atomic mass is 10.1. The summed E-state index contributed by atoms with van der Waals surface area (Å²) in [5, 5.41) is 8.82. The van der Waals surface area contributed by atoms with Gasteiger partial charge in [-0.15, -0.1) is 0 Å². The van der Waals surface area contributed by atoms with Crippen molar-refractivity contribution in [3.8, 4) is 0 Å². The first-order valence-corrected chi connectivity index (χ1v) is 5.33. The van der Waals surface area contributed by atoms with Crippen molar-refractivity contribution >= 4 is 17.6 Å². The molecule has 5 nitrogen and oxygen atoms in total. The van der Waals surface area contributed by atoms with E-state index in [-0.39, 0.29) is 6.54 Å². The van der Waals surface area contributed by atoms with Crippen LogP contribution in [0.3, 0.4) is 0 Å². The number of carboxylic acid groups (broad SMARTS) is 1. The number of carbonyl (C=O) groups is 2. The Kier molecular flexibility index (Phi) is 4.09. The fourth-order valence-corrected chi connectivity index (χ4v) is 1.64. The maximum Gasteiger partial charge on any atom is 0.323 e. The Morgan fingerprint density at radius 2 is 2.06 bits per heavy atom. The largest absolute Gasteiger partial charge is 0.480 e. The third kappa shape index (κ3) is 3.21. The molecule has 0 spiro atoms. The Balaban J connectivity index is 3.20. The first-order valence-electron chi connectivity index (χ1n) is 5.33. The molecule has 0 atom stereocenters. The second-order valence-electron chi connectivity index (χ2n) is 3.79. The molecule has 0 saturated heterocycles. The van der Waals surface area contributed by atoms with Crippen molar-refractivity contribution in [1.82, 2.24) is 0 Å². The number of primary amides is 1. The number of rotatable bonds is 5. The lowest BCUT2D eigenvalue weighted by Crippen LogP contribution is -2.31. The lowest BCUT2D eigenvalue weighted by molar-refractivity contribution is -0.135. The highest BCUT2D eigenvalue weighted by atomic mass is 16.4. The molecule has 0 bridgehead atoms. The molecule has 1 aromatic rings. The van der Waals surface area contributed by atoms with Crippen LogP contribution in [-0.4, -0.2) is 30.1 Å². The monoisotopic (exact) mass is 236 g/mol. The van der Waals surface area contributed by atoms with Gasteiger partial charge >= 0.3 is 5.97 Å². The van der Waals surface area contributed by atoms with Crippen LogP contribution >= 0.6 is 0 Å². The molecule has 5 heteroatoms. The minimum absolute atomic E-state index is 0.153. The van der Waals surface area contributed by atoms with E-state index in [1.165, 1.54) is 0 Å². The number of aliphatic carboxylic acids is 1. The summed E-state index contributed by atoms with van der Waals surface area (Å²) in [6.07, 6.45) is 0. The fraction of sp³-hybridized carbons (Fsp3) is 0.333. The van der Waals surface area contributed by atoms with E-state index in [1.807, 2.05) is 13.8 Å². The summed E-state index contributed by atoms with van der Waals surface area (Å²) >= 11 is 0. The van der Waals surface area contributed by atoms with Crippen molar-refractivity contribution in [3.63, 3.8) is 0 Å². The second kappa shape index (κ2) is 5.34. The van der Waals surface area contributed by atoms with Gasteiger partial charge in [0.25, 0.3) is 5.91 Å². The predicted octanol–water partition coefficient (Wildman–Crippen LogP) is 1.00. The van der Waals surface area contributed by atoms with Gasteiger partial charge in [0.05, 0.1) is 11.3 Å². The molecule has 1 aromatic carbocycles. The average Bonchev–Trinajstić information content (AvgIpc) is 2.25. The zero-order valence-electron chi connectivity index (χ0n) is 9.93. The summed E-state index contributed by atoms with van der Waals surface area (Å²) in [6.45, 7) is 4.05. The van der Waals surface area contributed by atoms with Crippen LogP contribution in [-0.2, 0) is 4.79 Å². The van der Waals surface area contributed by atoms with Gasteiger partial charge in [-0.3, -0.25) is 9.59 Å². The van der Waals surface area contributed by atoms with Gasteiger partial charge in [0.1, 0.15) is 6.54 Å². The van der Waals surface area contributed by atoms with Gasteiger partial charge in [-0.05, 0) is 31.5 Å². The zero-order valence-corrected chi connectivity index (χ0v) is 9.93. The Labute approximate surface area is 99.8 Å². The number of nitrogens with two attached hydrogens (primary N) is 1. The fourth-order valence-electron chi connectivity index (χ4n) is 1.64. The predicted molar refractivity (Wildman–Crippen MR) is 65.2 cm³/mol. The minimum Gasteiger partial charge on any atom is -0.480 e. The van der Waals surface area contributed by atoms with Crippen molar-refractivity contribution < 1.29 is 14.7 Å². The molecule has 0 aromatic heterocycles. The molecule has 1 rings (SSSR count). The normalized spacial score (nSPS) is 10.0. The maximum absolute atomic E-state index is 11.3. The molecular weight excluding hydrogens is 220 g/mol. The van der Waals surface area contributed by atoms with Gasteiger partial charge < -0.3 is 15.7 Å². The SMILES string of the molecule is CCN(CC(=O)O)c1cc(C)ccc1C(N)=O. The van der Waals surface area contributed by atoms with Crippen molar-refractivity contribution in [2.24, 2.45) is 5.73 Å². The van der Waals surface area contributed by atoms with Crippen molar-refractivity contribution in [2.45, 2.75) is 13.8 Å². The van der Waals surface area contributed by atoms with E-state index in [0.29, 0.717) is 17.8 Å². The molecular formula is C12H16N2O3. The number of nitrogens with zero attached hydrogens (tertiary/aromatic N) is 1. The van der Waals surface area contributed by atoms with Gasteiger partial charge in [-0.2, -0.15) is 0 Å². The number of carboxylic acids is 1. The topological polar surface area (TPSA) is 83.6 Å². The maximum atomic E-state index is 11.3. The Bertz CT molecular complexity index is 443. The van der Waals surface area contributed by atoms with Crippen LogP contribution in [0.1, 0.15) is 22.8 Å². The molecule has 0 saturated carbocycles. The number of benzene rings is 1. The number of aryl methyl sites for hydroxylation is 1. The average molecular weight is 236 g/mol. The van der Waals surface area contributed by atoms with E-state index in [9.17, 15) is 9.59 Å². The van der Waals surface area contributed by atoms with Crippen LogP contribution < -0.4 is 10.6 Å². The lowest BCUT2D eigenvalue weighted by Gasteiger charge is -2.23. The van der Waals surface area contributed by atoms with Crippen molar-refractivity contribution in [2.75, 3.05) is 18.0 Å². The highest BCUT2D eigenvalue weighted by molar-refractivity contribution is 5.99. The summed E-state index contributed by atoms with van der Waals surface area (Å²) in [5.74, 6) is -1.49. The summed E-state index contributed by atoms with van der Waals surface area (Å²) in [7, 11) is 0. The number of hydrogen-bond donors (Lipinski definition) is 2. The molecule has 0 aliphatic rings. The van der Waals surface area contributed by atoms with Gasteiger partial charge in [-0.1, -0.05) is 6.07 Å². The zero-order chi connectivity index (χ0) is 13.0. The minimum atomic E-state index is -0.941. The number of amides is 1. The molecule has 0 heterocycles. The van der Waals surface area contributed by atoms with Gasteiger partial charge in [0, 0.05) is 6.54 Å². The van der Waals surface area contributed by atoms with E-state index >= 15 is 0 Å². The molecule has 0 fully saturated rings. The molecule has 0 aliphatic heterocycles. The van der Waals surface area contributed by atoms with Gasteiger partial charge in [-0.25, -0.2) is 0 Å². The van der Waals surface area contributed by atoms with Crippen LogP contribution in [0.15, 0.2) is 18.2 Å². The number of anilines is 1. The molecule has 0 radical (unpaired) electrons. The highest BCUT2D eigenvalue weighted by Gasteiger charge is 2.15. The standard InChI is InChI=1S/C12H16N2O3/c1-3-14(7-11(15)16)10-6-8(2)4-5-9(10)12(13)17/h4-6H,3,7H2,1-2H3,(H2,13,17)(H,15,16). The van der Waals surface area contributed by atoms with E-state index in [0.717, 1.165) is 5.56 Å². The first kappa shape index (κ1) is 13.0. The van der Waals surface area contributed by atoms with E-state index in [2.05, 4.69) is 0 Å². The van der Waals surface area contributed by atoms with Crippen molar-refractivity contribution in [3.05, 3.63) is 29.3 Å². The third-order valence-corrected chi connectivity index (χ3v) is 2.47. The highest BCUT2D eigenvalue weighted by Crippen LogP contribution is 2.21. The first-order chi connectivity index (χ1) is 7.95. The molecule has 0 aliphatic carbocycles. The van der Waals surface area contributed by atoms with Gasteiger partial charge in [0.2, 0.25) is 0 Å². The molecule has 0 unspecified atom stereocenters. The Morgan fingerprint density at radius 1 is 1.41 bits per heavy atom. The quantitative estimate of drug-likeness (QED) is 0.799. The van der Waals surface area contributed by atoms with E-state index < -0.39 is 11.9 Å². The number of carbonyl (C=O) groups excluding carboxylic acids is 1.